The summed E-state index contributed by atoms with van der Waals surface area (Å²) in [7, 11) is 0. The van der Waals surface area contributed by atoms with Crippen LogP contribution >= 0.6 is 34.5 Å². The van der Waals surface area contributed by atoms with E-state index >= 15 is 0 Å². The number of carbonyl (C=O) groups is 2. The molecule has 8 heteroatoms. The summed E-state index contributed by atoms with van der Waals surface area (Å²) in [5.41, 5.74) is 8.99. The van der Waals surface area contributed by atoms with E-state index in [4.69, 9.17) is 28.9 Å². The van der Waals surface area contributed by atoms with Gasteiger partial charge in [0.25, 0.3) is 5.56 Å². The van der Waals surface area contributed by atoms with Gasteiger partial charge in [0.2, 0.25) is 0 Å². The van der Waals surface area contributed by atoms with E-state index in [2.05, 4.69) is 0 Å². The Morgan fingerprint density at radius 2 is 1.21 bits per heavy atom. The summed E-state index contributed by atoms with van der Waals surface area (Å²) >= 11 is 13.4. The molecule has 1 atom stereocenters. The molecule has 0 fully saturated rings. The van der Waals surface area contributed by atoms with Crippen molar-refractivity contribution in [2.24, 2.45) is 5.73 Å². The molecule has 1 aromatic heterocycles. The maximum Gasteiger partial charge on any atom is 0.274 e. The standard InChI is InChI=1S/C34H22Cl2N2O3S/c35-24-15-11-20(12-16-24)19-26-33(41)38-32(37)28(30(39)22-7-3-1-4-8-22)27(21-13-17-25(36)18-14-21)29(34(38)42-26)31(40)23-9-5-2-6-10-23/h1-19,27H,37H2/b26-19+/t27-/m1/s1. The van der Waals surface area contributed by atoms with E-state index in [1.807, 2.05) is 12.1 Å². The number of aromatic nitrogens is 1. The molecule has 0 aliphatic carbocycles. The van der Waals surface area contributed by atoms with Crippen LogP contribution in [0.5, 0.6) is 0 Å². The number of hydrogen-bond donors (Lipinski definition) is 1. The maximum absolute atomic E-state index is 14.4. The highest BCUT2D eigenvalue weighted by molar-refractivity contribution is 7.07. The van der Waals surface area contributed by atoms with E-state index in [1.165, 1.54) is 4.57 Å². The number of carbonyl (C=O) groups excluding carboxylic acids is 2. The van der Waals surface area contributed by atoms with Crippen LogP contribution in [0.3, 0.4) is 0 Å². The van der Waals surface area contributed by atoms with E-state index in [0.29, 0.717) is 35.9 Å². The molecule has 0 unspecified atom stereocenters. The zero-order valence-electron chi connectivity index (χ0n) is 22.0. The van der Waals surface area contributed by atoms with Crippen LogP contribution in [0, 0.1) is 0 Å². The average molecular weight is 610 g/mol. The number of benzene rings is 4. The Kier molecular flexibility index (Phi) is 7.52. The minimum atomic E-state index is -0.857. The maximum atomic E-state index is 14.4. The van der Waals surface area contributed by atoms with Crippen LogP contribution in [0.1, 0.15) is 37.8 Å². The lowest BCUT2D eigenvalue weighted by Gasteiger charge is -2.28. The topological polar surface area (TPSA) is 82.2 Å². The molecule has 5 aromatic rings. The third kappa shape index (κ3) is 5.05. The fourth-order valence-electron chi connectivity index (χ4n) is 5.08. The van der Waals surface area contributed by atoms with Gasteiger partial charge in [-0.05, 0) is 41.5 Å². The number of thiazole rings is 1. The number of ketones is 2. The molecule has 0 saturated carbocycles. The first-order valence-electron chi connectivity index (χ1n) is 13.0. The van der Waals surface area contributed by atoms with Gasteiger partial charge >= 0.3 is 0 Å². The van der Waals surface area contributed by atoms with Crippen LogP contribution in [-0.2, 0) is 0 Å². The first kappa shape index (κ1) is 27.7. The predicted octanol–water partition coefficient (Wildman–Crippen LogP) is 5.89. The van der Waals surface area contributed by atoms with Crippen LogP contribution in [-0.4, -0.2) is 16.1 Å². The number of allylic oxidation sites excluding steroid dienone is 1. The number of halogens is 2. The SMILES string of the molecule is NC1=C(C(=O)c2ccccc2)[C@@H](c2ccc(Cl)cc2)C(C(=O)c2ccccc2)=c2s/c(=C/c3ccc(Cl)cc3)c(=O)n21. The molecule has 5 nitrogen and oxygen atoms in total. The molecular weight excluding hydrogens is 587 g/mol. The number of rotatable bonds is 6. The molecule has 1 aliphatic rings. The minimum Gasteiger partial charge on any atom is -0.384 e. The Balaban J connectivity index is 1.72. The smallest absolute Gasteiger partial charge is 0.274 e. The molecule has 206 valence electrons. The van der Waals surface area contributed by atoms with Gasteiger partial charge in [0.15, 0.2) is 11.6 Å². The van der Waals surface area contributed by atoms with Crippen LogP contribution in [0.15, 0.2) is 120 Å². The van der Waals surface area contributed by atoms with Crippen LogP contribution in [0.25, 0.3) is 17.5 Å². The zero-order chi connectivity index (χ0) is 29.4. The van der Waals surface area contributed by atoms with Crippen molar-refractivity contribution in [3.8, 4) is 0 Å². The third-order valence-corrected chi connectivity index (χ3v) is 8.69. The van der Waals surface area contributed by atoms with E-state index < -0.39 is 11.5 Å². The van der Waals surface area contributed by atoms with Gasteiger partial charge in [-0.25, -0.2) is 0 Å². The highest BCUT2D eigenvalue weighted by Gasteiger charge is 2.38. The van der Waals surface area contributed by atoms with Gasteiger partial charge in [0, 0.05) is 32.7 Å². The minimum absolute atomic E-state index is 0.0135. The quantitative estimate of drug-likeness (QED) is 0.244. The van der Waals surface area contributed by atoms with Crippen molar-refractivity contribution in [2.45, 2.75) is 5.92 Å². The fourth-order valence-corrected chi connectivity index (χ4v) is 6.51. The molecule has 0 bridgehead atoms. The van der Waals surface area contributed by atoms with Crippen molar-refractivity contribution >= 4 is 63.6 Å². The summed E-state index contributed by atoms with van der Waals surface area (Å²) in [4.78, 5) is 42.5. The molecule has 0 radical (unpaired) electrons. The molecule has 42 heavy (non-hydrogen) atoms. The van der Waals surface area contributed by atoms with Crippen molar-refractivity contribution in [1.82, 2.24) is 4.57 Å². The summed E-state index contributed by atoms with van der Waals surface area (Å²) in [6.07, 6.45) is 1.72. The van der Waals surface area contributed by atoms with Crippen LogP contribution in [0.2, 0.25) is 10.0 Å². The number of nitrogens with zero attached hydrogens (tertiary/aromatic N) is 1. The second-order valence-corrected chi connectivity index (χ2v) is 11.6. The highest BCUT2D eigenvalue weighted by atomic mass is 35.5. The second-order valence-electron chi connectivity index (χ2n) is 9.70. The summed E-state index contributed by atoms with van der Waals surface area (Å²) in [6.45, 7) is 0. The summed E-state index contributed by atoms with van der Waals surface area (Å²) < 4.78 is 2.03. The Labute approximate surface area is 255 Å². The van der Waals surface area contributed by atoms with Crippen molar-refractivity contribution in [1.29, 1.82) is 0 Å². The molecule has 2 N–H and O–H groups in total. The summed E-state index contributed by atoms with van der Waals surface area (Å²) in [5.74, 6) is -1.56. The number of nitrogens with two attached hydrogens (primary N) is 1. The van der Waals surface area contributed by atoms with Gasteiger partial charge in [-0.3, -0.25) is 19.0 Å². The van der Waals surface area contributed by atoms with Crippen molar-refractivity contribution in [3.05, 3.63) is 167 Å². The summed E-state index contributed by atoms with van der Waals surface area (Å²) in [6, 6.07) is 31.5. The number of Topliss-reactive ketones (excluding diaryl/α,β-unsaturated/α-hetero) is 2. The number of hydrogen-bond acceptors (Lipinski definition) is 5. The van der Waals surface area contributed by atoms with E-state index in [-0.39, 0.29) is 28.5 Å². The van der Waals surface area contributed by atoms with E-state index in [9.17, 15) is 14.4 Å². The van der Waals surface area contributed by atoms with Crippen molar-refractivity contribution in [3.63, 3.8) is 0 Å². The molecular formula is C34H22Cl2N2O3S. The van der Waals surface area contributed by atoms with Crippen molar-refractivity contribution in [2.75, 3.05) is 0 Å². The Morgan fingerprint density at radius 1 is 0.714 bits per heavy atom. The lowest BCUT2D eigenvalue weighted by atomic mass is 9.77. The van der Waals surface area contributed by atoms with Crippen LogP contribution in [0.4, 0.5) is 0 Å². The molecule has 4 aromatic carbocycles. The van der Waals surface area contributed by atoms with Gasteiger partial charge in [-0.2, -0.15) is 0 Å². The predicted molar refractivity (Wildman–Crippen MR) is 169 cm³/mol. The Morgan fingerprint density at radius 3 is 1.76 bits per heavy atom. The molecule has 0 amide bonds. The molecule has 1 aliphatic heterocycles. The Hall–Kier alpha value is -4.49. The summed E-state index contributed by atoms with van der Waals surface area (Å²) in [5, 5.41) is 1.08. The normalized spacial score (nSPS) is 15.0. The van der Waals surface area contributed by atoms with Gasteiger partial charge in [-0.1, -0.05) is 108 Å². The first-order chi connectivity index (χ1) is 20.3. The highest BCUT2D eigenvalue weighted by Crippen LogP contribution is 2.40. The molecule has 0 saturated heterocycles. The van der Waals surface area contributed by atoms with Crippen LogP contribution < -0.4 is 20.5 Å². The monoisotopic (exact) mass is 608 g/mol. The zero-order valence-corrected chi connectivity index (χ0v) is 24.3. The fraction of sp³-hybridized carbons (Fsp3) is 0.0294. The largest absolute Gasteiger partial charge is 0.384 e. The average Bonchev–Trinajstić information content (AvgIpc) is 3.34. The lowest BCUT2D eigenvalue weighted by Crippen LogP contribution is -2.41. The lowest BCUT2D eigenvalue weighted by molar-refractivity contribution is 0.102. The van der Waals surface area contributed by atoms with E-state index in [0.717, 1.165) is 16.9 Å². The second kappa shape index (κ2) is 11.4. The molecule has 2 heterocycles. The third-order valence-electron chi connectivity index (χ3n) is 7.08. The van der Waals surface area contributed by atoms with Crippen molar-refractivity contribution < 1.29 is 9.59 Å². The Bertz CT molecular complexity index is 2050. The van der Waals surface area contributed by atoms with Gasteiger partial charge in [-0.15, -0.1) is 11.3 Å². The van der Waals surface area contributed by atoms with E-state index in [1.54, 1.807) is 103 Å². The molecule has 6 rings (SSSR count). The van der Waals surface area contributed by atoms with Gasteiger partial charge in [0.05, 0.1) is 10.1 Å². The number of fused-ring (bicyclic) bond motifs is 1. The molecule has 0 spiro atoms. The first-order valence-corrected chi connectivity index (χ1v) is 14.6. The van der Waals surface area contributed by atoms with Gasteiger partial charge in [0.1, 0.15) is 10.5 Å². The van der Waals surface area contributed by atoms with Gasteiger partial charge < -0.3 is 5.73 Å².